The predicted molar refractivity (Wildman–Crippen MR) is 84.7 cm³/mol. The Bertz CT molecular complexity index is 880. The van der Waals surface area contributed by atoms with E-state index in [9.17, 15) is 21.6 Å². The molecule has 2 aromatic rings. The normalized spacial score (nSPS) is 16.2. The summed E-state index contributed by atoms with van der Waals surface area (Å²) in [5.41, 5.74) is 2.16. The Morgan fingerprint density at radius 2 is 1.79 bits per heavy atom. The second-order valence-corrected chi connectivity index (χ2v) is 7.51. The minimum Gasteiger partial charge on any atom is -0.406 e. The summed E-state index contributed by atoms with van der Waals surface area (Å²) in [7, 11) is -3.44. The second kappa shape index (κ2) is 5.86. The lowest BCUT2D eigenvalue weighted by molar-refractivity contribution is -0.274. The lowest BCUT2D eigenvalue weighted by atomic mass is 9.99. The third-order valence-corrected chi connectivity index (χ3v) is 4.96. The minimum atomic E-state index is -4.77. The molecule has 0 bridgehead atoms. The lowest BCUT2D eigenvalue weighted by Crippen LogP contribution is -2.24. The summed E-state index contributed by atoms with van der Waals surface area (Å²) in [6, 6.07) is 8.38. The highest BCUT2D eigenvalue weighted by Crippen LogP contribution is 2.38. The van der Waals surface area contributed by atoms with Gasteiger partial charge in [0.15, 0.2) is 0 Å². The third-order valence-electron chi connectivity index (χ3n) is 3.48. The van der Waals surface area contributed by atoms with Gasteiger partial charge in [-0.25, -0.2) is 8.42 Å². The fourth-order valence-corrected chi connectivity index (χ4v) is 3.88. The Kier molecular flexibility index (Phi) is 4.13. The number of benzene rings is 2. The molecule has 0 aromatic heterocycles. The lowest BCUT2D eigenvalue weighted by Gasteiger charge is -2.22. The van der Waals surface area contributed by atoms with E-state index in [0.717, 1.165) is 17.7 Å². The van der Waals surface area contributed by atoms with Crippen LogP contribution >= 0.6 is 11.6 Å². The van der Waals surface area contributed by atoms with Gasteiger partial charge in [0.2, 0.25) is 10.0 Å². The largest absolute Gasteiger partial charge is 0.573 e. The van der Waals surface area contributed by atoms with Gasteiger partial charge in [-0.3, -0.25) is 4.72 Å². The second-order valence-electron chi connectivity index (χ2n) is 5.23. The Morgan fingerprint density at radius 1 is 1.12 bits per heavy atom. The van der Waals surface area contributed by atoms with Crippen LogP contribution in [0.1, 0.15) is 5.56 Å². The molecule has 0 spiro atoms. The van der Waals surface area contributed by atoms with Crippen molar-refractivity contribution in [1.29, 1.82) is 0 Å². The number of nitrogens with one attached hydrogen (secondary N) is 1. The maximum atomic E-state index is 12.2. The fourth-order valence-electron chi connectivity index (χ4n) is 2.50. The average molecular weight is 378 g/mol. The highest BCUT2D eigenvalue weighted by molar-refractivity contribution is 7.92. The van der Waals surface area contributed by atoms with Crippen molar-refractivity contribution in [2.45, 2.75) is 12.8 Å². The van der Waals surface area contributed by atoms with E-state index in [2.05, 4.69) is 9.46 Å². The molecular formula is C15H11ClF3NO3S. The molecule has 4 nitrogen and oxygen atoms in total. The topological polar surface area (TPSA) is 55.4 Å². The number of aryl methyl sites for hydroxylation is 1. The van der Waals surface area contributed by atoms with Crippen molar-refractivity contribution in [2.75, 3.05) is 10.5 Å². The van der Waals surface area contributed by atoms with Gasteiger partial charge in [0, 0.05) is 10.6 Å². The predicted octanol–water partition coefficient (Wildman–Crippen LogP) is 4.20. The van der Waals surface area contributed by atoms with E-state index in [1.165, 1.54) is 12.1 Å². The first kappa shape index (κ1) is 16.9. The number of ether oxygens (including phenoxy) is 1. The van der Waals surface area contributed by atoms with Crippen LogP contribution in [0.4, 0.5) is 18.9 Å². The molecule has 2 aromatic carbocycles. The van der Waals surface area contributed by atoms with E-state index < -0.39 is 16.4 Å². The molecule has 1 aliphatic heterocycles. The van der Waals surface area contributed by atoms with E-state index in [1.807, 2.05) is 0 Å². The summed E-state index contributed by atoms with van der Waals surface area (Å²) < 4.78 is 66.6. The molecule has 0 aliphatic carbocycles. The number of hydrogen-bond donors (Lipinski definition) is 1. The van der Waals surface area contributed by atoms with Crippen LogP contribution in [-0.2, 0) is 16.4 Å². The first-order chi connectivity index (χ1) is 11.1. The van der Waals surface area contributed by atoms with Crippen molar-refractivity contribution in [3.05, 3.63) is 47.0 Å². The number of alkyl halides is 3. The number of anilines is 1. The maximum Gasteiger partial charge on any atom is 0.573 e. The zero-order chi connectivity index (χ0) is 17.5. The van der Waals surface area contributed by atoms with Crippen molar-refractivity contribution in [1.82, 2.24) is 0 Å². The van der Waals surface area contributed by atoms with Crippen LogP contribution in [0.25, 0.3) is 11.1 Å². The Balaban J connectivity index is 2.02. The van der Waals surface area contributed by atoms with Gasteiger partial charge in [-0.05, 0) is 41.8 Å². The van der Waals surface area contributed by atoms with E-state index >= 15 is 0 Å². The molecule has 0 amide bonds. The SMILES string of the molecule is O=S1(=O)CCc2cc(Cl)cc(-c3ccc(OC(F)(F)F)cc3)c2N1. The zero-order valence-electron chi connectivity index (χ0n) is 12.0. The molecule has 3 rings (SSSR count). The van der Waals surface area contributed by atoms with Gasteiger partial charge >= 0.3 is 6.36 Å². The van der Waals surface area contributed by atoms with Gasteiger partial charge in [0.05, 0.1) is 11.4 Å². The van der Waals surface area contributed by atoms with Gasteiger partial charge in [0.1, 0.15) is 5.75 Å². The molecule has 9 heteroatoms. The van der Waals surface area contributed by atoms with Crippen LogP contribution in [0.5, 0.6) is 5.75 Å². The number of hydrogen-bond acceptors (Lipinski definition) is 3. The van der Waals surface area contributed by atoms with Crippen molar-refractivity contribution < 1.29 is 26.3 Å². The van der Waals surface area contributed by atoms with E-state index in [-0.39, 0.29) is 11.5 Å². The molecule has 0 radical (unpaired) electrons. The van der Waals surface area contributed by atoms with Crippen molar-refractivity contribution in [2.24, 2.45) is 0 Å². The van der Waals surface area contributed by atoms with Crippen LogP contribution in [0, 0.1) is 0 Å². The highest BCUT2D eigenvalue weighted by atomic mass is 35.5. The molecule has 24 heavy (non-hydrogen) atoms. The summed E-state index contributed by atoms with van der Waals surface area (Å²) in [6.45, 7) is 0. The molecule has 1 aliphatic rings. The average Bonchev–Trinajstić information content (AvgIpc) is 2.46. The van der Waals surface area contributed by atoms with Crippen LogP contribution in [-0.4, -0.2) is 20.5 Å². The van der Waals surface area contributed by atoms with Crippen LogP contribution in [0.15, 0.2) is 36.4 Å². The van der Waals surface area contributed by atoms with Crippen molar-refractivity contribution in [3.63, 3.8) is 0 Å². The summed E-state index contributed by atoms with van der Waals surface area (Å²) >= 11 is 6.07. The molecule has 0 saturated heterocycles. The van der Waals surface area contributed by atoms with Gasteiger partial charge in [-0.1, -0.05) is 23.7 Å². The zero-order valence-corrected chi connectivity index (χ0v) is 13.6. The number of halogens is 4. The Labute approximate surface area is 141 Å². The Hall–Kier alpha value is -1.93. The van der Waals surface area contributed by atoms with Gasteiger partial charge in [-0.15, -0.1) is 13.2 Å². The molecule has 1 heterocycles. The number of rotatable bonds is 2. The maximum absolute atomic E-state index is 12.2. The van der Waals surface area contributed by atoms with E-state index in [1.54, 1.807) is 12.1 Å². The molecule has 0 atom stereocenters. The third kappa shape index (κ3) is 3.76. The quantitative estimate of drug-likeness (QED) is 0.853. The number of fused-ring (bicyclic) bond motifs is 1. The van der Waals surface area contributed by atoms with E-state index in [4.69, 9.17) is 11.6 Å². The molecule has 0 saturated carbocycles. The van der Waals surface area contributed by atoms with Crippen LogP contribution in [0.2, 0.25) is 5.02 Å². The molecule has 128 valence electrons. The molecule has 0 unspecified atom stereocenters. The minimum absolute atomic E-state index is 0.0435. The molecule has 0 fully saturated rings. The van der Waals surface area contributed by atoms with Crippen LogP contribution in [0.3, 0.4) is 0 Å². The fraction of sp³-hybridized carbons (Fsp3) is 0.200. The summed E-state index contributed by atoms with van der Waals surface area (Å²) in [4.78, 5) is 0. The van der Waals surface area contributed by atoms with Crippen LogP contribution < -0.4 is 9.46 Å². The van der Waals surface area contributed by atoms with Crippen molar-refractivity contribution in [3.8, 4) is 16.9 Å². The summed E-state index contributed by atoms with van der Waals surface area (Å²) in [6.07, 6.45) is -4.46. The summed E-state index contributed by atoms with van der Waals surface area (Å²) in [5, 5.41) is 0.417. The van der Waals surface area contributed by atoms with Gasteiger partial charge < -0.3 is 4.74 Å². The monoisotopic (exact) mass is 377 g/mol. The summed E-state index contributed by atoms with van der Waals surface area (Å²) in [5.74, 6) is -0.402. The molecular weight excluding hydrogens is 367 g/mol. The van der Waals surface area contributed by atoms with Gasteiger partial charge in [-0.2, -0.15) is 0 Å². The van der Waals surface area contributed by atoms with Crippen molar-refractivity contribution >= 4 is 27.3 Å². The van der Waals surface area contributed by atoms with Gasteiger partial charge in [0.25, 0.3) is 0 Å². The van der Waals surface area contributed by atoms with E-state index in [0.29, 0.717) is 28.3 Å². The highest BCUT2D eigenvalue weighted by Gasteiger charge is 2.31. The molecule has 1 N–H and O–H groups in total. The standard InChI is InChI=1S/C15H11ClF3NO3S/c16-11-7-10-5-6-24(21,22)20-14(10)13(8-11)9-1-3-12(4-2-9)23-15(17,18)19/h1-4,7-8,20H,5-6H2. The first-order valence-corrected chi connectivity index (χ1v) is 8.85. The smallest absolute Gasteiger partial charge is 0.406 e. The first-order valence-electron chi connectivity index (χ1n) is 6.82. The number of sulfonamides is 1. The Morgan fingerprint density at radius 3 is 2.42 bits per heavy atom.